The summed E-state index contributed by atoms with van der Waals surface area (Å²) >= 11 is 0. The van der Waals surface area contributed by atoms with E-state index in [4.69, 9.17) is 9.84 Å². The van der Waals surface area contributed by atoms with Gasteiger partial charge in [-0.15, -0.1) is 0 Å². The monoisotopic (exact) mass is 215 g/mol. The number of methoxy groups -OCH3 is 1. The van der Waals surface area contributed by atoms with Gasteiger partial charge in [-0.3, -0.25) is 9.69 Å². The molecule has 1 fully saturated rings. The van der Waals surface area contributed by atoms with Gasteiger partial charge in [0.05, 0.1) is 5.92 Å². The predicted octanol–water partition coefficient (Wildman–Crippen LogP) is 1.06. The lowest BCUT2D eigenvalue weighted by Crippen LogP contribution is -2.36. The molecule has 3 unspecified atom stereocenters. The Morgan fingerprint density at radius 3 is 2.80 bits per heavy atom. The van der Waals surface area contributed by atoms with Crippen LogP contribution in [0, 0.1) is 11.8 Å². The first-order valence-corrected chi connectivity index (χ1v) is 5.52. The molecule has 0 aromatic rings. The van der Waals surface area contributed by atoms with Crippen molar-refractivity contribution in [2.45, 2.75) is 26.3 Å². The molecule has 1 aliphatic rings. The third kappa shape index (κ3) is 3.18. The Kier molecular flexibility index (Phi) is 4.54. The molecule has 3 atom stereocenters. The molecule has 0 saturated carbocycles. The van der Waals surface area contributed by atoms with Crippen LogP contribution < -0.4 is 0 Å². The topological polar surface area (TPSA) is 49.8 Å². The maximum absolute atomic E-state index is 10.9. The van der Waals surface area contributed by atoms with Gasteiger partial charge in [0.2, 0.25) is 0 Å². The molecule has 0 radical (unpaired) electrons. The zero-order valence-corrected chi connectivity index (χ0v) is 9.77. The molecule has 88 valence electrons. The highest BCUT2D eigenvalue weighted by atomic mass is 16.5. The molecule has 1 rings (SSSR count). The molecule has 1 N–H and O–H groups in total. The largest absolute Gasteiger partial charge is 0.481 e. The molecule has 0 bridgehead atoms. The molecular formula is C11H21NO3. The van der Waals surface area contributed by atoms with Gasteiger partial charge >= 0.3 is 5.97 Å². The molecular weight excluding hydrogens is 194 g/mol. The van der Waals surface area contributed by atoms with Crippen molar-refractivity contribution in [3.05, 3.63) is 0 Å². The molecule has 0 aromatic carbocycles. The van der Waals surface area contributed by atoms with Crippen molar-refractivity contribution in [3.63, 3.8) is 0 Å². The van der Waals surface area contributed by atoms with E-state index in [0.29, 0.717) is 5.92 Å². The maximum Gasteiger partial charge on any atom is 0.308 e. The van der Waals surface area contributed by atoms with Crippen LogP contribution in [0.5, 0.6) is 0 Å². The van der Waals surface area contributed by atoms with E-state index in [2.05, 4.69) is 11.8 Å². The first kappa shape index (κ1) is 12.5. The van der Waals surface area contributed by atoms with Crippen LogP contribution in [0.15, 0.2) is 0 Å². The zero-order chi connectivity index (χ0) is 11.4. The van der Waals surface area contributed by atoms with Crippen LogP contribution in [0.25, 0.3) is 0 Å². The van der Waals surface area contributed by atoms with Crippen LogP contribution in [0.2, 0.25) is 0 Å². The van der Waals surface area contributed by atoms with Crippen molar-refractivity contribution in [2.24, 2.45) is 11.8 Å². The Labute approximate surface area is 91.2 Å². The van der Waals surface area contributed by atoms with Crippen LogP contribution in [0.4, 0.5) is 0 Å². The Balaban J connectivity index is 2.42. The highest BCUT2D eigenvalue weighted by Crippen LogP contribution is 2.24. The minimum atomic E-state index is -0.663. The summed E-state index contributed by atoms with van der Waals surface area (Å²) in [6.07, 6.45) is 0.774. The van der Waals surface area contributed by atoms with E-state index in [9.17, 15) is 4.79 Å². The molecule has 1 aliphatic heterocycles. The molecule has 0 amide bonds. The second kappa shape index (κ2) is 5.47. The average molecular weight is 215 g/mol. The van der Waals surface area contributed by atoms with Gasteiger partial charge in [-0.25, -0.2) is 0 Å². The number of hydrogen-bond donors (Lipinski definition) is 1. The van der Waals surface area contributed by atoms with Crippen LogP contribution >= 0.6 is 0 Å². The Morgan fingerprint density at radius 1 is 1.67 bits per heavy atom. The van der Waals surface area contributed by atoms with E-state index < -0.39 is 5.97 Å². The fourth-order valence-corrected chi connectivity index (χ4v) is 2.33. The number of carbonyl (C=O) groups is 1. The van der Waals surface area contributed by atoms with Crippen molar-refractivity contribution < 1.29 is 14.6 Å². The van der Waals surface area contributed by atoms with Crippen LogP contribution in [0.3, 0.4) is 0 Å². The third-order valence-corrected chi connectivity index (χ3v) is 3.20. The Hall–Kier alpha value is -0.610. The minimum Gasteiger partial charge on any atom is -0.481 e. The molecule has 0 aromatic heterocycles. The number of carboxylic acid groups (broad SMARTS) is 1. The molecule has 4 nitrogen and oxygen atoms in total. The van der Waals surface area contributed by atoms with Gasteiger partial charge in [0, 0.05) is 26.3 Å². The standard InChI is InChI=1S/C11H21NO3/c1-8(7-15-3)6-12-5-4-10(9(12)2)11(13)14/h8-10H,4-7H2,1-3H3,(H,13,14). The van der Waals surface area contributed by atoms with Crippen molar-refractivity contribution in [3.8, 4) is 0 Å². The highest BCUT2D eigenvalue weighted by Gasteiger charge is 2.35. The van der Waals surface area contributed by atoms with E-state index in [1.807, 2.05) is 6.92 Å². The number of hydrogen-bond acceptors (Lipinski definition) is 3. The van der Waals surface area contributed by atoms with Gasteiger partial charge in [0.1, 0.15) is 0 Å². The summed E-state index contributed by atoms with van der Waals surface area (Å²) in [6, 6.07) is 0.154. The van der Waals surface area contributed by atoms with Gasteiger partial charge in [0.25, 0.3) is 0 Å². The fourth-order valence-electron chi connectivity index (χ4n) is 2.33. The lowest BCUT2D eigenvalue weighted by molar-refractivity contribution is -0.142. The average Bonchev–Trinajstić information content (AvgIpc) is 2.48. The van der Waals surface area contributed by atoms with Crippen LogP contribution in [0.1, 0.15) is 20.3 Å². The molecule has 0 aliphatic carbocycles. The van der Waals surface area contributed by atoms with Gasteiger partial charge in [-0.05, 0) is 25.8 Å². The van der Waals surface area contributed by atoms with Gasteiger partial charge in [-0.2, -0.15) is 0 Å². The predicted molar refractivity (Wildman–Crippen MR) is 57.8 cm³/mol. The summed E-state index contributed by atoms with van der Waals surface area (Å²) in [7, 11) is 1.70. The van der Waals surface area contributed by atoms with Crippen molar-refractivity contribution in [2.75, 3.05) is 26.8 Å². The summed E-state index contributed by atoms with van der Waals surface area (Å²) in [4.78, 5) is 13.2. The summed E-state index contributed by atoms with van der Waals surface area (Å²) in [5, 5.41) is 8.99. The Morgan fingerprint density at radius 2 is 2.33 bits per heavy atom. The summed E-state index contributed by atoms with van der Waals surface area (Å²) in [5.41, 5.74) is 0. The molecule has 15 heavy (non-hydrogen) atoms. The fraction of sp³-hybridized carbons (Fsp3) is 0.909. The number of aliphatic carboxylic acids is 1. The van der Waals surface area contributed by atoms with E-state index in [-0.39, 0.29) is 12.0 Å². The van der Waals surface area contributed by atoms with Crippen LogP contribution in [-0.2, 0) is 9.53 Å². The Bertz CT molecular complexity index is 220. The van der Waals surface area contributed by atoms with Crippen molar-refractivity contribution >= 4 is 5.97 Å². The van der Waals surface area contributed by atoms with Crippen molar-refractivity contribution in [1.29, 1.82) is 0 Å². The van der Waals surface area contributed by atoms with E-state index in [0.717, 1.165) is 26.1 Å². The lowest BCUT2D eigenvalue weighted by Gasteiger charge is -2.25. The molecule has 4 heteroatoms. The summed E-state index contributed by atoms with van der Waals surface area (Å²) in [6.45, 7) is 6.70. The maximum atomic E-state index is 10.9. The second-order valence-corrected chi connectivity index (χ2v) is 4.53. The highest BCUT2D eigenvalue weighted by molar-refractivity contribution is 5.71. The normalized spacial score (nSPS) is 29.3. The van der Waals surface area contributed by atoms with Gasteiger partial charge in [0.15, 0.2) is 0 Å². The van der Waals surface area contributed by atoms with E-state index >= 15 is 0 Å². The van der Waals surface area contributed by atoms with Crippen LogP contribution in [-0.4, -0.2) is 48.8 Å². The first-order chi connectivity index (χ1) is 7.06. The first-order valence-electron chi connectivity index (χ1n) is 5.52. The molecule has 1 heterocycles. The summed E-state index contributed by atoms with van der Waals surface area (Å²) in [5.74, 6) is -0.394. The number of likely N-dealkylation sites (tertiary alicyclic amines) is 1. The quantitative estimate of drug-likeness (QED) is 0.745. The van der Waals surface area contributed by atoms with Gasteiger partial charge < -0.3 is 9.84 Å². The van der Waals surface area contributed by atoms with Gasteiger partial charge in [-0.1, -0.05) is 6.92 Å². The second-order valence-electron chi connectivity index (χ2n) is 4.53. The van der Waals surface area contributed by atoms with Crippen molar-refractivity contribution in [1.82, 2.24) is 4.90 Å². The number of nitrogens with zero attached hydrogens (tertiary/aromatic N) is 1. The molecule has 1 saturated heterocycles. The number of ether oxygens (including phenoxy) is 1. The zero-order valence-electron chi connectivity index (χ0n) is 9.77. The minimum absolute atomic E-state index is 0.154. The number of rotatable bonds is 5. The smallest absolute Gasteiger partial charge is 0.308 e. The summed E-state index contributed by atoms with van der Waals surface area (Å²) < 4.78 is 5.08. The number of carboxylic acids is 1. The SMILES string of the molecule is COCC(C)CN1CCC(C(=O)O)C1C. The van der Waals surface area contributed by atoms with E-state index in [1.54, 1.807) is 7.11 Å². The third-order valence-electron chi connectivity index (χ3n) is 3.20. The molecule has 0 spiro atoms. The lowest BCUT2D eigenvalue weighted by atomic mass is 10.0. The van der Waals surface area contributed by atoms with E-state index in [1.165, 1.54) is 0 Å².